The van der Waals surface area contributed by atoms with Gasteiger partial charge in [-0.2, -0.15) is 4.31 Å². The number of carbonyl (C=O) groups is 1. The second-order valence-electron chi connectivity index (χ2n) is 5.30. The summed E-state index contributed by atoms with van der Waals surface area (Å²) < 4.78 is 26.8. The molecular formula is C14H19NO4S. The fourth-order valence-electron chi connectivity index (χ4n) is 2.58. The average molecular weight is 297 g/mol. The van der Waals surface area contributed by atoms with Crippen LogP contribution >= 0.6 is 0 Å². The molecule has 1 saturated heterocycles. The molecule has 1 aliphatic heterocycles. The first-order chi connectivity index (χ1) is 9.34. The summed E-state index contributed by atoms with van der Waals surface area (Å²) in [6, 6.07) is 6.62. The van der Waals surface area contributed by atoms with Crippen LogP contribution in [0.3, 0.4) is 0 Å². The number of benzene rings is 1. The highest BCUT2D eigenvalue weighted by Crippen LogP contribution is 2.29. The van der Waals surface area contributed by atoms with Crippen molar-refractivity contribution in [2.24, 2.45) is 5.92 Å². The highest BCUT2D eigenvalue weighted by Gasteiger charge is 2.37. The third-order valence-corrected chi connectivity index (χ3v) is 5.99. The van der Waals surface area contributed by atoms with Gasteiger partial charge in [-0.25, -0.2) is 8.42 Å². The van der Waals surface area contributed by atoms with Crippen molar-refractivity contribution in [3.05, 3.63) is 29.8 Å². The predicted octanol–water partition coefficient (Wildman–Crippen LogP) is 1.87. The number of hydrogen-bond donors (Lipinski definition) is 1. The lowest BCUT2D eigenvalue weighted by Crippen LogP contribution is -2.47. The van der Waals surface area contributed by atoms with Gasteiger partial charge in [-0.3, -0.25) is 4.79 Å². The van der Waals surface area contributed by atoms with Gasteiger partial charge in [0, 0.05) is 12.6 Å². The normalized spacial score (nSPS) is 24.5. The van der Waals surface area contributed by atoms with Crippen LogP contribution in [0.1, 0.15) is 25.3 Å². The molecule has 5 nitrogen and oxygen atoms in total. The number of carboxylic acid groups (broad SMARTS) is 1. The summed E-state index contributed by atoms with van der Waals surface area (Å²) in [5.41, 5.74) is 0.678. The van der Waals surface area contributed by atoms with Crippen LogP contribution in [0.25, 0.3) is 0 Å². The average Bonchev–Trinajstić information content (AvgIpc) is 2.39. The van der Waals surface area contributed by atoms with Gasteiger partial charge in [0.15, 0.2) is 0 Å². The van der Waals surface area contributed by atoms with Crippen molar-refractivity contribution in [3.8, 4) is 0 Å². The zero-order chi connectivity index (χ0) is 14.9. The third-order valence-electron chi connectivity index (χ3n) is 3.85. The molecule has 1 aromatic rings. The number of piperidine rings is 1. The van der Waals surface area contributed by atoms with E-state index < -0.39 is 21.9 Å². The van der Waals surface area contributed by atoms with Gasteiger partial charge in [0.05, 0.1) is 10.8 Å². The highest BCUT2D eigenvalue weighted by molar-refractivity contribution is 7.89. The van der Waals surface area contributed by atoms with E-state index in [0.29, 0.717) is 18.4 Å². The van der Waals surface area contributed by atoms with Gasteiger partial charge in [-0.05, 0) is 38.3 Å². The molecule has 1 aromatic carbocycles. The van der Waals surface area contributed by atoms with Crippen molar-refractivity contribution < 1.29 is 18.3 Å². The van der Waals surface area contributed by atoms with Crippen LogP contribution in [0.15, 0.2) is 29.2 Å². The number of carboxylic acids is 1. The van der Waals surface area contributed by atoms with Crippen molar-refractivity contribution in [2.45, 2.75) is 37.6 Å². The summed E-state index contributed by atoms with van der Waals surface area (Å²) in [6.07, 6.45) is 1.10. The lowest BCUT2D eigenvalue weighted by atomic mass is 9.96. The lowest BCUT2D eigenvalue weighted by Gasteiger charge is -2.35. The minimum atomic E-state index is -3.64. The molecule has 20 heavy (non-hydrogen) atoms. The largest absolute Gasteiger partial charge is 0.481 e. The van der Waals surface area contributed by atoms with Crippen LogP contribution in [-0.4, -0.2) is 36.4 Å². The first-order valence-corrected chi connectivity index (χ1v) is 8.08. The zero-order valence-electron chi connectivity index (χ0n) is 11.6. The molecule has 1 heterocycles. The fourth-order valence-corrected chi connectivity index (χ4v) is 4.52. The Hall–Kier alpha value is -1.40. The van der Waals surface area contributed by atoms with Crippen molar-refractivity contribution >= 4 is 16.0 Å². The first kappa shape index (κ1) is 15.0. The van der Waals surface area contributed by atoms with Crippen LogP contribution in [0.4, 0.5) is 0 Å². The van der Waals surface area contributed by atoms with Gasteiger partial charge in [0.2, 0.25) is 10.0 Å². The Morgan fingerprint density at radius 2 is 1.95 bits per heavy atom. The van der Waals surface area contributed by atoms with Crippen LogP contribution in [-0.2, 0) is 14.8 Å². The molecule has 1 aliphatic rings. The Morgan fingerprint density at radius 1 is 1.30 bits per heavy atom. The molecule has 0 bridgehead atoms. The quantitative estimate of drug-likeness (QED) is 0.924. The smallest absolute Gasteiger partial charge is 0.307 e. The minimum Gasteiger partial charge on any atom is -0.481 e. The van der Waals surface area contributed by atoms with Gasteiger partial charge in [0.1, 0.15) is 0 Å². The fraction of sp³-hybridized carbons (Fsp3) is 0.500. The summed E-state index contributed by atoms with van der Waals surface area (Å²) in [5.74, 6) is -1.55. The van der Waals surface area contributed by atoms with E-state index in [0.717, 1.165) is 0 Å². The van der Waals surface area contributed by atoms with Crippen LogP contribution in [0.2, 0.25) is 0 Å². The number of nitrogens with zero attached hydrogens (tertiary/aromatic N) is 1. The van der Waals surface area contributed by atoms with Crippen LogP contribution < -0.4 is 0 Å². The summed E-state index contributed by atoms with van der Waals surface area (Å²) in [6.45, 7) is 3.62. The van der Waals surface area contributed by atoms with Crippen molar-refractivity contribution in [3.63, 3.8) is 0 Å². The Labute approximate surface area is 119 Å². The number of hydrogen-bond acceptors (Lipinski definition) is 3. The maximum absolute atomic E-state index is 12.7. The Kier molecular flexibility index (Phi) is 4.15. The van der Waals surface area contributed by atoms with Gasteiger partial charge in [0.25, 0.3) is 0 Å². The van der Waals surface area contributed by atoms with Crippen LogP contribution in [0, 0.1) is 12.8 Å². The molecule has 0 aromatic heterocycles. The molecule has 2 rings (SSSR count). The Morgan fingerprint density at radius 3 is 2.55 bits per heavy atom. The molecule has 2 atom stereocenters. The summed E-state index contributed by atoms with van der Waals surface area (Å²) >= 11 is 0. The standard InChI is InChI=1S/C14H19NO4S/c1-10-5-3-4-6-13(10)20(18,19)15-9-12(14(16)17)8-7-11(15)2/h3-6,11-12H,7-9H2,1-2H3,(H,16,17). The van der Waals surface area contributed by atoms with E-state index in [4.69, 9.17) is 5.11 Å². The van der Waals surface area contributed by atoms with Gasteiger partial charge in [-0.15, -0.1) is 0 Å². The molecular weight excluding hydrogens is 278 g/mol. The first-order valence-electron chi connectivity index (χ1n) is 6.64. The van der Waals surface area contributed by atoms with E-state index in [1.165, 1.54) is 4.31 Å². The molecule has 0 aliphatic carbocycles. The lowest BCUT2D eigenvalue weighted by molar-refractivity contribution is -0.143. The maximum Gasteiger partial charge on any atom is 0.307 e. The van der Waals surface area contributed by atoms with Gasteiger partial charge in [-0.1, -0.05) is 18.2 Å². The molecule has 0 saturated carbocycles. The molecule has 2 unspecified atom stereocenters. The summed E-state index contributed by atoms with van der Waals surface area (Å²) in [7, 11) is -3.64. The summed E-state index contributed by atoms with van der Waals surface area (Å²) in [5, 5.41) is 9.11. The topological polar surface area (TPSA) is 74.7 Å². The van der Waals surface area contributed by atoms with Crippen molar-refractivity contribution in [2.75, 3.05) is 6.54 Å². The van der Waals surface area contributed by atoms with E-state index in [-0.39, 0.29) is 17.5 Å². The van der Waals surface area contributed by atoms with E-state index in [1.54, 1.807) is 31.2 Å². The van der Waals surface area contributed by atoms with Crippen molar-refractivity contribution in [1.82, 2.24) is 4.31 Å². The zero-order valence-corrected chi connectivity index (χ0v) is 12.4. The SMILES string of the molecule is Cc1ccccc1S(=O)(=O)N1CC(C(=O)O)CCC1C. The summed E-state index contributed by atoms with van der Waals surface area (Å²) in [4.78, 5) is 11.4. The van der Waals surface area contributed by atoms with Crippen LogP contribution in [0.5, 0.6) is 0 Å². The Bertz CT molecular complexity index is 611. The van der Waals surface area contributed by atoms with E-state index in [2.05, 4.69) is 0 Å². The number of aryl methyl sites for hydroxylation is 1. The molecule has 1 fully saturated rings. The van der Waals surface area contributed by atoms with E-state index >= 15 is 0 Å². The molecule has 6 heteroatoms. The molecule has 0 radical (unpaired) electrons. The monoisotopic (exact) mass is 297 g/mol. The third kappa shape index (κ3) is 2.71. The number of aliphatic carboxylic acids is 1. The molecule has 110 valence electrons. The number of sulfonamides is 1. The predicted molar refractivity (Wildman–Crippen MR) is 74.9 cm³/mol. The molecule has 0 spiro atoms. The Balaban J connectivity index is 2.37. The van der Waals surface area contributed by atoms with Gasteiger partial charge < -0.3 is 5.11 Å². The number of rotatable bonds is 3. The highest BCUT2D eigenvalue weighted by atomic mass is 32.2. The minimum absolute atomic E-state index is 0.0488. The molecule has 1 N–H and O–H groups in total. The molecule has 0 amide bonds. The van der Waals surface area contributed by atoms with E-state index in [9.17, 15) is 13.2 Å². The maximum atomic E-state index is 12.7. The second-order valence-corrected chi connectivity index (χ2v) is 7.16. The van der Waals surface area contributed by atoms with Crippen molar-refractivity contribution in [1.29, 1.82) is 0 Å². The van der Waals surface area contributed by atoms with E-state index in [1.807, 2.05) is 6.92 Å². The van der Waals surface area contributed by atoms with Gasteiger partial charge >= 0.3 is 5.97 Å². The second kappa shape index (κ2) is 5.54.